The van der Waals surface area contributed by atoms with Crippen LogP contribution in [0.25, 0.3) is 0 Å². The first-order chi connectivity index (χ1) is 9.77. The van der Waals surface area contributed by atoms with E-state index in [1.54, 1.807) is 18.2 Å². The molecule has 3 N–H and O–H groups in total. The van der Waals surface area contributed by atoms with Crippen LogP contribution in [0.2, 0.25) is 0 Å². The summed E-state index contributed by atoms with van der Waals surface area (Å²) in [6.45, 7) is 4.09. The molecule has 0 radical (unpaired) electrons. The lowest BCUT2D eigenvalue weighted by atomic mass is 9.97. The van der Waals surface area contributed by atoms with Crippen LogP contribution < -0.4 is 10.0 Å². The van der Waals surface area contributed by atoms with Crippen molar-refractivity contribution in [2.24, 2.45) is 11.8 Å². The van der Waals surface area contributed by atoms with Gasteiger partial charge in [-0.3, -0.25) is 4.79 Å². The van der Waals surface area contributed by atoms with Gasteiger partial charge in [-0.25, -0.2) is 13.1 Å². The van der Waals surface area contributed by atoms with Crippen molar-refractivity contribution < 1.29 is 18.3 Å². The number of anilines is 1. The van der Waals surface area contributed by atoms with Gasteiger partial charge in [-0.05, 0) is 31.5 Å². The highest BCUT2D eigenvalue weighted by Crippen LogP contribution is 2.21. The fourth-order valence-electron chi connectivity index (χ4n) is 2.03. The van der Waals surface area contributed by atoms with Crippen LogP contribution in [0.4, 0.5) is 5.69 Å². The first-order valence-electron chi connectivity index (χ1n) is 6.77. The summed E-state index contributed by atoms with van der Waals surface area (Å²) in [6.07, 6.45) is 0.531. The Balaban J connectivity index is 2.91. The molecule has 1 rings (SSSR count). The molecule has 118 valence electrons. The van der Waals surface area contributed by atoms with Crippen molar-refractivity contribution in [3.8, 4) is 0 Å². The van der Waals surface area contributed by atoms with Gasteiger partial charge in [0, 0.05) is 6.54 Å². The molecule has 0 fully saturated rings. The lowest BCUT2D eigenvalue weighted by Gasteiger charge is -2.17. The van der Waals surface area contributed by atoms with Gasteiger partial charge in [0.15, 0.2) is 0 Å². The molecule has 0 aliphatic heterocycles. The van der Waals surface area contributed by atoms with Gasteiger partial charge in [0.1, 0.15) is 4.90 Å². The van der Waals surface area contributed by atoms with E-state index in [4.69, 9.17) is 0 Å². The number of carboxylic acids is 1. The molecule has 6 nitrogen and oxygen atoms in total. The summed E-state index contributed by atoms with van der Waals surface area (Å²) in [5, 5.41) is 12.1. The summed E-state index contributed by atoms with van der Waals surface area (Å²) < 4.78 is 26.1. The van der Waals surface area contributed by atoms with E-state index in [2.05, 4.69) is 10.0 Å². The Labute approximate surface area is 125 Å². The quantitative estimate of drug-likeness (QED) is 0.679. The number of para-hydroxylation sites is 1. The average molecular weight is 314 g/mol. The molecule has 1 aromatic carbocycles. The van der Waals surface area contributed by atoms with Crippen molar-refractivity contribution in [3.63, 3.8) is 0 Å². The Morgan fingerprint density at radius 1 is 1.29 bits per heavy atom. The minimum Gasteiger partial charge on any atom is -0.481 e. The minimum atomic E-state index is -3.58. The van der Waals surface area contributed by atoms with Gasteiger partial charge < -0.3 is 10.4 Å². The lowest BCUT2D eigenvalue weighted by Crippen LogP contribution is -2.26. The van der Waals surface area contributed by atoms with E-state index in [1.165, 1.54) is 13.1 Å². The number of rotatable bonds is 8. The van der Waals surface area contributed by atoms with E-state index in [1.807, 2.05) is 13.8 Å². The zero-order valence-electron chi connectivity index (χ0n) is 12.5. The highest BCUT2D eigenvalue weighted by Gasteiger charge is 2.21. The van der Waals surface area contributed by atoms with Crippen LogP contribution in [-0.2, 0) is 14.8 Å². The van der Waals surface area contributed by atoms with Crippen LogP contribution in [0.3, 0.4) is 0 Å². The molecule has 0 aliphatic carbocycles. The SMILES string of the molecule is CNS(=O)(=O)c1ccccc1NCC(CC(C)C)C(=O)O. The van der Waals surface area contributed by atoms with Crippen molar-refractivity contribution in [1.82, 2.24) is 4.72 Å². The minimum absolute atomic E-state index is 0.112. The van der Waals surface area contributed by atoms with Crippen LogP contribution in [0.5, 0.6) is 0 Å². The summed E-state index contributed by atoms with van der Waals surface area (Å²) in [5.74, 6) is -1.19. The number of sulfonamides is 1. The molecule has 0 aromatic heterocycles. The third-order valence-corrected chi connectivity index (χ3v) is 4.56. The molecule has 0 saturated carbocycles. The number of hydrogen-bond acceptors (Lipinski definition) is 4. The Kier molecular flexibility index (Phi) is 6.17. The predicted molar refractivity (Wildman–Crippen MR) is 81.8 cm³/mol. The highest BCUT2D eigenvalue weighted by molar-refractivity contribution is 7.89. The summed E-state index contributed by atoms with van der Waals surface area (Å²) in [4.78, 5) is 11.3. The van der Waals surface area contributed by atoms with Crippen LogP contribution in [0.1, 0.15) is 20.3 Å². The van der Waals surface area contributed by atoms with E-state index in [9.17, 15) is 18.3 Å². The zero-order chi connectivity index (χ0) is 16.0. The second-order valence-electron chi connectivity index (χ2n) is 5.25. The second kappa shape index (κ2) is 7.42. The molecule has 0 spiro atoms. The van der Waals surface area contributed by atoms with Crippen molar-refractivity contribution in [3.05, 3.63) is 24.3 Å². The van der Waals surface area contributed by atoms with Gasteiger partial charge in [0.2, 0.25) is 10.0 Å². The Hall–Kier alpha value is -1.60. The van der Waals surface area contributed by atoms with Gasteiger partial charge in [0.25, 0.3) is 0 Å². The van der Waals surface area contributed by atoms with E-state index < -0.39 is 21.9 Å². The third-order valence-electron chi connectivity index (χ3n) is 3.09. The normalized spacial score (nSPS) is 13.1. The molecule has 0 amide bonds. The number of carbonyl (C=O) groups is 1. The van der Waals surface area contributed by atoms with Crippen LogP contribution in [0.15, 0.2) is 29.2 Å². The lowest BCUT2D eigenvalue weighted by molar-refractivity contribution is -0.141. The fourth-order valence-corrected chi connectivity index (χ4v) is 2.94. The Bertz CT molecular complexity index is 584. The van der Waals surface area contributed by atoms with E-state index >= 15 is 0 Å². The number of nitrogens with one attached hydrogen (secondary N) is 2. The maximum atomic E-state index is 11.9. The summed E-state index contributed by atoms with van der Waals surface area (Å²) in [5.41, 5.74) is 0.404. The topological polar surface area (TPSA) is 95.5 Å². The highest BCUT2D eigenvalue weighted by atomic mass is 32.2. The third kappa shape index (κ3) is 5.02. The second-order valence-corrected chi connectivity index (χ2v) is 7.10. The monoisotopic (exact) mass is 314 g/mol. The molecular formula is C14H22N2O4S. The molecule has 7 heteroatoms. The Morgan fingerprint density at radius 3 is 2.43 bits per heavy atom. The molecule has 1 aromatic rings. The van der Waals surface area contributed by atoms with Gasteiger partial charge in [0.05, 0.1) is 11.6 Å². The van der Waals surface area contributed by atoms with Gasteiger partial charge in [-0.2, -0.15) is 0 Å². The van der Waals surface area contributed by atoms with E-state index in [-0.39, 0.29) is 17.4 Å². The smallest absolute Gasteiger partial charge is 0.308 e. The number of hydrogen-bond donors (Lipinski definition) is 3. The molecule has 1 unspecified atom stereocenters. The van der Waals surface area contributed by atoms with E-state index in [0.717, 1.165) is 0 Å². The maximum absolute atomic E-state index is 11.9. The maximum Gasteiger partial charge on any atom is 0.308 e. The largest absolute Gasteiger partial charge is 0.481 e. The van der Waals surface area contributed by atoms with E-state index in [0.29, 0.717) is 12.1 Å². The number of carboxylic acid groups (broad SMARTS) is 1. The first-order valence-corrected chi connectivity index (χ1v) is 8.25. The van der Waals surface area contributed by atoms with Crippen LogP contribution >= 0.6 is 0 Å². The van der Waals surface area contributed by atoms with Crippen LogP contribution in [-0.4, -0.2) is 33.1 Å². The molecule has 21 heavy (non-hydrogen) atoms. The van der Waals surface area contributed by atoms with Gasteiger partial charge >= 0.3 is 5.97 Å². The molecule has 0 aliphatic rings. The number of benzene rings is 1. The molecule has 1 atom stereocenters. The summed E-state index contributed by atoms with van der Waals surface area (Å²) in [6, 6.07) is 6.43. The fraction of sp³-hybridized carbons (Fsp3) is 0.500. The molecule has 0 saturated heterocycles. The molecule has 0 bridgehead atoms. The molecular weight excluding hydrogens is 292 g/mol. The van der Waals surface area contributed by atoms with Crippen molar-refractivity contribution in [1.29, 1.82) is 0 Å². The standard InChI is InChI=1S/C14H22N2O4S/c1-10(2)8-11(14(17)18)9-16-12-6-4-5-7-13(12)21(19,20)15-3/h4-7,10-11,15-16H,8-9H2,1-3H3,(H,17,18). The molecule has 0 heterocycles. The Morgan fingerprint density at radius 2 is 1.90 bits per heavy atom. The van der Waals surface area contributed by atoms with Gasteiger partial charge in [-0.15, -0.1) is 0 Å². The average Bonchev–Trinajstić information content (AvgIpc) is 2.43. The number of aliphatic carboxylic acids is 1. The summed E-state index contributed by atoms with van der Waals surface area (Å²) >= 11 is 0. The van der Waals surface area contributed by atoms with Crippen molar-refractivity contribution in [2.45, 2.75) is 25.2 Å². The summed E-state index contributed by atoms with van der Waals surface area (Å²) in [7, 11) is -2.24. The van der Waals surface area contributed by atoms with Crippen molar-refractivity contribution >= 4 is 21.7 Å². The zero-order valence-corrected chi connectivity index (χ0v) is 13.3. The van der Waals surface area contributed by atoms with Crippen molar-refractivity contribution in [2.75, 3.05) is 18.9 Å². The van der Waals surface area contributed by atoms with Gasteiger partial charge in [-0.1, -0.05) is 26.0 Å². The first kappa shape index (κ1) is 17.5. The van der Waals surface area contributed by atoms with Crippen LogP contribution in [0, 0.1) is 11.8 Å². The predicted octanol–water partition coefficient (Wildman–Crippen LogP) is 1.75.